The lowest BCUT2D eigenvalue weighted by Crippen LogP contribution is -2.46. The van der Waals surface area contributed by atoms with Crippen molar-refractivity contribution in [2.24, 2.45) is 0 Å². The van der Waals surface area contributed by atoms with Gasteiger partial charge in [-0.05, 0) is 19.1 Å². The first kappa shape index (κ1) is 14.9. The number of carbonyl (C=O) groups is 1. The van der Waals surface area contributed by atoms with Crippen LogP contribution in [0.2, 0.25) is 5.02 Å². The van der Waals surface area contributed by atoms with Crippen LogP contribution in [-0.2, 0) is 4.74 Å². The van der Waals surface area contributed by atoms with E-state index in [2.05, 4.69) is 5.32 Å². The van der Waals surface area contributed by atoms with E-state index in [1.54, 1.807) is 4.90 Å². The Bertz CT molecular complexity index is 493. The minimum Gasteiger partial charge on any atom is -0.375 e. The average Bonchev–Trinajstić information content (AvgIpc) is 2.38. The van der Waals surface area contributed by atoms with E-state index in [0.29, 0.717) is 30.4 Å². The summed E-state index contributed by atoms with van der Waals surface area (Å²) in [5, 5.41) is 3.54. The van der Waals surface area contributed by atoms with E-state index >= 15 is 0 Å². The van der Waals surface area contributed by atoms with Crippen LogP contribution in [0.25, 0.3) is 0 Å². The van der Waals surface area contributed by atoms with Crippen molar-refractivity contribution >= 4 is 29.0 Å². The fourth-order valence-corrected chi connectivity index (χ4v) is 2.61. The zero-order valence-corrected chi connectivity index (χ0v) is 12.8. The minimum absolute atomic E-state index is 0.0715. The summed E-state index contributed by atoms with van der Waals surface area (Å²) in [6.45, 7) is 3.74. The van der Waals surface area contributed by atoms with E-state index in [-0.39, 0.29) is 12.1 Å². The van der Waals surface area contributed by atoms with Crippen molar-refractivity contribution in [2.45, 2.75) is 13.0 Å². The number of carbonyl (C=O) groups excluding carboxylic acids is 1. The molecule has 2 amide bonds. The third-order valence-corrected chi connectivity index (χ3v) is 3.51. The maximum Gasteiger partial charge on any atom is 0.322 e. The molecule has 1 N–H and O–H groups in total. The predicted molar refractivity (Wildman–Crippen MR) is 81.8 cm³/mol. The Hall–Kier alpha value is -1.46. The molecule has 1 heterocycles. The maximum absolute atomic E-state index is 12.3. The molecule has 1 aromatic rings. The number of halogens is 1. The van der Waals surface area contributed by atoms with Crippen LogP contribution < -0.4 is 10.2 Å². The highest BCUT2D eigenvalue weighted by molar-refractivity contribution is 6.34. The molecular formula is C14H20ClN3O2. The summed E-state index contributed by atoms with van der Waals surface area (Å²) in [6.07, 6.45) is 0.0715. The highest BCUT2D eigenvalue weighted by Gasteiger charge is 2.22. The monoisotopic (exact) mass is 297 g/mol. The van der Waals surface area contributed by atoms with Gasteiger partial charge in [0, 0.05) is 27.2 Å². The third kappa shape index (κ3) is 3.35. The van der Waals surface area contributed by atoms with Gasteiger partial charge >= 0.3 is 6.03 Å². The molecule has 1 aliphatic rings. The number of ether oxygens (including phenoxy) is 1. The molecule has 0 radical (unpaired) electrons. The van der Waals surface area contributed by atoms with Crippen molar-refractivity contribution in [1.82, 2.24) is 4.90 Å². The smallest absolute Gasteiger partial charge is 0.322 e. The van der Waals surface area contributed by atoms with Gasteiger partial charge in [-0.2, -0.15) is 0 Å². The van der Waals surface area contributed by atoms with Crippen molar-refractivity contribution in [2.75, 3.05) is 44.0 Å². The molecule has 0 aliphatic carbocycles. The molecule has 0 spiro atoms. The molecule has 1 fully saturated rings. The van der Waals surface area contributed by atoms with Gasteiger partial charge in [-0.1, -0.05) is 17.7 Å². The molecule has 20 heavy (non-hydrogen) atoms. The van der Waals surface area contributed by atoms with Crippen LogP contribution in [-0.4, -0.2) is 50.8 Å². The molecule has 110 valence electrons. The Morgan fingerprint density at radius 3 is 2.90 bits per heavy atom. The molecule has 1 aliphatic heterocycles. The van der Waals surface area contributed by atoms with Crippen molar-refractivity contribution in [3.8, 4) is 0 Å². The van der Waals surface area contributed by atoms with E-state index in [1.807, 2.05) is 44.1 Å². The Kier molecular flexibility index (Phi) is 4.73. The van der Waals surface area contributed by atoms with E-state index in [4.69, 9.17) is 16.3 Å². The van der Waals surface area contributed by atoms with Crippen molar-refractivity contribution in [3.63, 3.8) is 0 Å². The molecule has 0 bridgehead atoms. The van der Waals surface area contributed by atoms with Gasteiger partial charge in [-0.25, -0.2) is 4.79 Å². The van der Waals surface area contributed by atoms with Crippen LogP contribution in [0.3, 0.4) is 0 Å². The molecule has 1 atom stereocenters. The standard InChI is InChI=1S/C14H20ClN3O2/c1-10-9-18(7-8-20-10)14(19)16-12-6-4-5-11(15)13(12)17(2)3/h4-6,10H,7-9H2,1-3H3,(H,16,19)/t10-/m0/s1. The van der Waals surface area contributed by atoms with Crippen LogP contribution in [0.5, 0.6) is 0 Å². The minimum atomic E-state index is -0.120. The summed E-state index contributed by atoms with van der Waals surface area (Å²) in [5.74, 6) is 0. The third-order valence-electron chi connectivity index (χ3n) is 3.20. The van der Waals surface area contributed by atoms with Crippen molar-refractivity contribution in [3.05, 3.63) is 23.2 Å². The van der Waals surface area contributed by atoms with Gasteiger partial charge in [0.2, 0.25) is 0 Å². The van der Waals surface area contributed by atoms with Crippen molar-refractivity contribution < 1.29 is 9.53 Å². The number of nitrogens with zero attached hydrogens (tertiary/aromatic N) is 2. The quantitative estimate of drug-likeness (QED) is 0.913. The number of anilines is 2. The number of rotatable bonds is 2. The summed E-state index contributed by atoms with van der Waals surface area (Å²) in [4.78, 5) is 15.9. The first-order chi connectivity index (χ1) is 9.49. The number of hydrogen-bond donors (Lipinski definition) is 1. The van der Waals surface area contributed by atoms with Crippen LogP contribution in [0, 0.1) is 0 Å². The van der Waals surface area contributed by atoms with Crippen LogP contribution >= 0.6 is 11.6 Å². The summed E-state index contributed by atoms with van der Waals surface area (Å²) in [7, 11) is 3.79. The average molecular weight is 298 g/mol. The van der Waals surface area contributed by atoms with E-state index in [9.17, 15) is 4.79 Å². The largest absolute Gasteiger partial charge is 0.375 e. The summed E-state index contributed by atoms with van der Waals surface area (Å²) >= 11 is 6.19. The molecule has 1 aromatic carbocycles. The Balaban J connectivity index is 2.13. The predicted octanol–water partition coefficient (Wildman–Crippen LogP) is 2.66. The summed E-state index contributed by atoms with van der Waals surface area (Å²) < 4.78 is 5.44. The summed E-state index contributed by atoms with van der Waals surface area (Å²) in [5.41, 5.74) is 1.52. The molecular weight excluding hydrogens is 278 g/mol. The Morgan fingerprint density at radius 2 is 2.25 bits per heavy atom. The number of morpholine rings is 1. The number of benzene rings is 1. The summed E-state index contributed by atoms with van der Waals surface area (Å²) in [6, 6.07) is 5.37. The van der Waals surface area contributed by atoms with Gasteiger partial charge in [0.25, 0.3) is 0 Å². The van der Waals surface area contributed by atoms with Gasteiger partial charge in [0.1, 0.15) is 0 Å². The normalized spacial score (nSPS) is 18.8. The van der Waals surface area contributed by atoms with Gasteiger partial charge in [-0.3, -0.25) is 0 Å². The topological polar surface area (TPSA) is 44.8 Å². The second-order valence-electron chi connectivity index (χ2n) is 5.09. The van der Waals surface area contributed by atoms with Crippen LogP contribution in [0.1, 0.15) is 6.92 Å². The van der Waals surface area contributed by atoms with E-state index < -0.39 is 0 Å². The maximum atomic E-state index is 12.3. The SMILES string of the molecule is C[C@H]1CN(C(=O)Nc2cccc(Cl)c2N(C)C)CCO1. The first-order valence-electron chi connectivity index (χ1n) is 6.62. The zero-order chi connectivity index (χ0) is 14.7. The second kappa shape index (κ2) is 6.33. The molecule has 6 heteroatoms. The molecule has 5 nitrogen and oxygen atoms in total. The lowest BCUT2D eigenvalue weighted by Gasteiger charge is -2.31. The van der Waals surface area contributed by atoms with Gasteiger partial charge in [0.05, 0.1) is 29.1 Å². The molecule has 2 rings (SSSR count). The lowest BCUT2D eigenvalue weighted by atomic mass is 10.2. The molecule has 0 unspecified atom stereocenters. The number of para-hydroxylation sites is 1. The molecule has 0 saturated carbocycles. The lowest BCUT2D eigenvalue weighted by molar-refractivity contribution is -0.00138. The number of amides is 2. The number of urea groups is 1. The molecule has 1 saturated heterocycles. The number of nitrogens with one attached hydrogen (secondary N) is 1. The molecule has 0 aromatic heterocycles. The number of hydrogen-bond acceptors (Lipinski definition) is 3. The van der Waals surface area contributed by atoms with Crippen molar-refractivity contribution in [1.29, 1.82) is 0 Å². The fourth-order valence-electron chi connectivity index (χ4n) is 2.27. The Labute approximate surface area is 124 Å². The zero-order valence-electron chi connectivity index (χ0n) is 12.0. The first-order valence-corrected chi connectivity index (χ1v) is 7.00. The van der Waals surface area contributed by atoms with Crippen LogP contribution in [0.15, 0.2) is 18.2 Å². The van der Waals surface area contributed by atoms with E-state index in [0.717, 1.165) is 5.69 Å². The second-order valence-corrected chi connectivity index (χ2v) is 5.50. The van der Waals surface area contributed by atoms with E-state index in [1.165, 1.54) is 0 Å². The highest BCUT2D eigenvalue weighted by Crippen LogP contribution is 2.32. The van der Waals surface area contributed by atoms with Gasteiger partial charge in [-0.15, -0.1) is 0 Å². The fraction of sp³-hybridized carbons (Fsp3) is 0.500. The highest BCUT2D eigenvalue weighted by atomic mass is 35.5. The van der Waals surface area contributed by atoms with Crippen LogP contribution in [0.4, 0.5) is 16.2 Å². The van der Waals surface area contributed by atoms with Gasteiger partial charge in [0.15, 0.2) is 0 Å². The van der Waals surface area contributed by atoms with Gasteiger partial charge < -0.3 is 19.9 Å². The Morgan fingerprint density at radius 1 is 1.50 bits per heavy atom.